The van der Waals surface area contributed by atoms with E-state index >= 15 is 0 Å². The first-order valence-corrected chi connectivity index (χ1v) is 7.06. The third-order valence-corrected chi connectivity index (χ3v) is 3.58. The second-order valence-electron chi connectivity index (χ2n) is 5.08. The van der Waals surface area contributed by atoms with Crippen molar-refractivity contribution in [2.75, 3.05) is 13.2 Å². The molecule has 1 unspecified atom stereocenters. The van der Waals surface area contributed by atoms with E-state index in [1.807, 2.05) is 10.9 Å². The van der Waals surface area contributed by atoms with Crippen molar-refractivity contribution in [2.24, 2.45) is 0 Å². The highest BCUT2D eigenvalue weighted by Crippen LogP contribution is 2.27. The third kappa shape index (κ3) is 3.06. The molecule has 3 rings (SSSR count). The fourth-order valence-electron chi connectivity index (χ4n) is 2.60. The zero-order chi connectivity index (χ0) is 15.4. The Morgan fingerprint density at radius 2 is 2.50 bits per heavy atom. The molecule has 1 radical (unpaired) electrons. The van der Waals surface area contributed by atoms with Crippen molar-refractivity contribution in [1.29, 1.82) is 0 Å². The van der Waals surface area contributed by atoms with Gasteiger partial charge in [0.15, 0.2) is 0 Å². The predicted octanol–water partition coefficient (Wildman–Crippen LogP) is 1.00. The summed E-state index contributed by atoms with van der Waals surface area (Å²) in [6.07, 6.45) is 5.96. The first-order valence-electron chi connectivity index (χ1n) is 7.06. The van der Waals surface area contributed by atoms with Crippen molar-refractivity contribution in [3.63, 3.8) is 0 Å². The van der Waals surface area contributed by atoms with E-state index in [0.29, 0.717) is 19.7 Å². The van der Waals surface area contributed by atoms with Gasteiger partial charge in [0.25, 0.3) is 7.41 Å². The van der Waals surface area contributed by atoms with Crippen LogP contribution in [0, 0.1) is 0 Å². The van der Waals surface area contributed by atoms with E-state index in [2.05, 4.69) is 28.1 Å². The second kappa shape index (κ2) is 6.78. The Labute approximate surface area is 129 Å². The van der Waals surface area contributed by atoms with E-state index in [0.717, 1.165) is 28.3 Å². The molecule has 0 aromatic carbocycles. The summed E-state index contributed by atoms with van der Waals surface area (Å²) < 4.78 is 0. The highest BCUT2D eigenvalue weighted by atomic mass is 16.6. The minimum atomic E-state index is -0.0648. The number of nitrogens with one attached hydrogen (secondary N) is 1. The van der Waals surface area contributed by atoms with Crippen molar-refractivity contribution in [2.45, 2.75) is 12.6 Å². The maximum atomic E-state index is 10.8. The largest absolute Gasteiger partial charge is 0.333 e. The van der Waals surface area contributed by atoms with Gasteiger partial charge in [-0.25, -0.2) is 4.98 Å². The van der Waals surface area contributed by atoms with Crippen LogP contribution in [0.3, 0.4) is 0 Å². The Morgan fingerprint density at radius 1 is 1.59 bits per heavy atom. The molecular formula is C15H16BN4O2. The lowest BCUT2D eigenvalue weighted by Crippen LogP contribution is -2.42. The maximum absolute atomic E-state index is 10.8. The topological polar surface area (TPSA) is 67.3 Å². The normalized spacial score (nSPS) is 17.9. The number of hydrogen-bond acceptors (Lipinski definition) is 6. The minimum absolute atomic E-state index is 0.0648. The lowest BCUT2D eigenvalue weighted by molar-refractivity contribution is 0.0258. The number of fused-ring (bicyclic) bond motifs is 2. The summed E-state index contributed by atoms with van der Waals surface area (Å²) in [6, 6.07) is 3.98. The number of hydrogen-bond donors (Lipinski definition) is 1. The summed E-state index contributed by atoms with van der Waals surface area (Å²) in [5.74, 6) is 0. The summed E-state index contributed by atoms with van der Waals surface area (Å²) in [7, 11) is 1.53. The van der Waals surface area contributed by atoms with Gasteiger partial charge in [0, 0.05) is 24.7 Å². The van der Waals surface area contributed by atoms with E-state index in [9.17, 15) is 4.79 Å². The van der Waals surface area contributed by atoms with E-state index in [-0.39, 0.29) is 6.04 Å². The van der Waals surface area contributed by atoms with Crippen molar-refractivity contribution in [1.82, 2.24) is 20.3 Å². The molecule has 0 saturated carbocycles. The number of rotatable bonds is 6. The van der Waals surface area contributed by atoms with Gasteiger partial charge in [-0.05, 0) is 17.7 Å². The maximum Gasteiger partial charge on any atom is 0.293 e. The van der Waals surface area contributed by atoms with Crippen LogP contribution in [-0.4, -0.2) is 41.5 Å². The smallest absolute Gasteiger partial charge is 0.293 e. The van der Waals surface area contributed by atoms with E-state index in [1.165, 1.54) is 7.41 Å². The van der Waals surface area contributed by atoms with E-state index in [1.54, 1.807) is 18.5 Å². The van der Waals surface area contributed by atoms with Crippen LogP contribution in [0.25, 0.3) is 10.9 Å². The molecule has 0 fully saturated rings. The standard InChI is InChI=1S/C15H16BN4O2/c1-2-5-22-19-15-9-20(16-10-21)8-14-12(15)6-11-3-4-17-7-13(11)18-14/h2-4,6-7,10,15,19H,1,5,8-9H2. The number of aromatic nitrogens is 2. The molecule has 22 heavy (non-hydrogen) atoms. The number of pyridine rings is 2. The van der Waals surface area contributed by atoms with Crippen LogP contribution in [0.4, 0.5) is 0 Å². The van der Waals surface area contributed by atoms with Gasteiger partial charge in [0.05, 0.1) is 36.2 Å². The number of hydroxylamine groups is 1. The van der Waals surface area contributed by atoms with Crippen LogP contribution in [0.1, 0.15) is 17.3 Å². The molecule has 0 bridgehead atoms. The molecule has 1 N–H and O–H groups in total. The molecule has 1 aliphatic heterocycles. The van der Waals surface area contributed by atoms with Crippen LogP contribution in [0.2, 0.25) is 0 Å². The van der Waals surface area contributed by atoms with Gasteiger partial charge in [-0.15, -0.1) is 6.58 Å². The first-order chi connectivity index (χ1) is 10.8. The fraction of sp³-hybridized carbons (Fsp3) is 0.267. The monoisotopic (exact) mass is 295 g/mol. The lowest BCUT2D eigenvalue weighted by atomic mass is 9.88. The van der Waals surface area contributed by atoms with Gasteiger partial charge < -0.3 is 9.61 Å². The van der Waals surface area contributed by atoms with Gasteiger partial charge in [-0.3, -0.25) is 9.82 Å². The zero-order valence-corrected chi connectivity index (χ0v) is 12.1. The first kappa shape index (κ1) is 14.8. The molecule has 2 aromatic heterocycles. The van der Waals surface area contributed by atoms with Gasteiger partial charge in [-0.1, -0.05) is 6.08 Å². The SMILES string of the molecule is C=CCONC1CN([B]C=O)Cc2nc3cnccc3cc21. The van der Waals surface area contributed by atoms with Gasteiger partial charge in [0.1, 0.15) is 0 Å². The highest BCUT2D eigenvalue weighted by Gasteiger charge is 2.27. The quantitative estimate of drug-likeness (QED) is 0.282. The summed E-state index contributed by atoms with van der Waals surface area (Å²) >= 11 is 0. The van der Waals surface area contributed by atoms with E-state index in [4.69, 9.17) is 4.84 Å². The van der Waals surface area contributed by atoms with Crippen molar-refractivity contribution >= 4 is 24.5 Å². The van der Waals surface area contributed by atoms with Gasteiger partial charge in [0.2, 0.25) is 0 Å². The average molecular weight is 295 g/mol. The summed E-state index contributed by atoms with van der Waals surface area (Å²) in [6.45, 7) is 5.27. The molecule has 6 nitrogen and oxygen atoms in total. The molecule has 111 valence electrons. The Kier molecular flexibility index (Phi) is 4.57. The van der Waals surface area contributed by atoms with Crippen molar-refractivity contribution in [3.05, 3.63) is 48.4 Å². The van der Waals surface area contributed by atoms with Crippen LogP contribution in [0.15, 0.2) is 37.2 Å². The summed E-state index contributed by atoms with van der Waals surface area (Å²) in [4.78, 5) is 26.8. The Balaban J connectivity index is 1.95. The summed E-state index contributed by atoms with van der Waals surface area (Å²) in [5, 5.41) is 1.04. The third-order valence-electron chi connectivity index (χ3n) is 3.58. The van der Waals surface area contributed by atoms with Gasteiger partial charge >= 0.3 is 0 Å². The molecule has 0 saturated heterocycles. The van der Waals surface area contributed by atoms with Crippen LogP contribution >= 0.6 is 0 Å². The molecule has 1 atom stereocenters. The highest BCUT2D eigenvalue weighted by molar-refractivity contribution is 6.64. The van der Waals surface area contributed by atoms with Crippen LogP contribution < -0.4 is 5.48 Å². The predicted molar refractivity (Wildman–Crippen MR) is 84.5 cm³/mol. The van der Waals surface area contributed by atoms with Crippen molar-refractivity contribution < 1.29 is 9.63 Å². The zero-order valence-electron chi connectivity index (χ0n) is 12.1. The van der Waals surface area contributed by atoms with Crippen molar-refractivity contribution in [3.8, 4) is 0 Å². The lowest BCUT2D eigenvalue weighted by Gasteiger charge is -2.33. The average Bonchev–Trinajstić information content (AvgIpc) is 2.53. The number of carbonyl (C=O) groups is 1. The Bertz CT molecular complexity index is 694. The van der Waals surface area contributed by atoms with E-state index < -0.39 is 0 Å². The molecular weight excluding hydrogens is 279 g/mol. The molecule has 7 heteroatoms. The minimum Gasteiger partial charge on any atom is -0.333 e. The Hall–Kier alpha value is -2.09. The number of nitrogens with zero attached hydrogens (tertiary/aromatic N) is 3. The summed E-state index contributed by atoms with van der Waals surface area (Å²) in [5.41, 5.74) is 5.88. The van der Waals surface area contributed by atoms with Crippen LogP contribution in [0.5, 0.6) is 0 Å². The molecule has 0 spiro atoms. The molecule has 0 aliphatic carbocycles. The van der Waals surface area contributed by atoms with Crippen LogP contribution in [-0.2, 0) is 16.2 Å². The number of carbonyl (C=O) groups excluding carboxylic acids is 1. The molecule has 2 aromatic rings. The Morgan fingerprint density at radius 3 is 3.32 bits per heavy atom. The second-order valence-corrected chi connectivity index (χ2v) is 5.08. The molecule has 0 amide bonds. The van der Waals surface area contributed by atoms with Gasteiger partial charge in [-0.2, -0.15) is 5.48 Å². The molecule has 3 heterocycles. The molecule has 1 aliphatic rings. The fourth-order valence-corrected chi connectivity index (χ4v) is 2.60.